The number of fused-ring (bicyclic) bond motifs is 1. The van der Waals surface area contributed by atoms with E-state index < -0.39 is 0 Å². The predicted molar refractivity (Wildman–Crippen MR) is 79.0 cm³/mol. The van der Waals surface area contributed by atoms with E-state index in [4.69, 9.17) is 4.74 Å². The Morgan fingerprint density at radius 3 is 2.55 bits per heavy atom. The SMILES string of the molecule is Oc1ccc(OCCN2CCc3ccccc3C2)cc1. The van der Waals surface area contributed by atoms with Gasteiger partial charge in [-0.25, -0.2) is 0 Å². The van der Waals surface area contributed by atoms with E-state index >= 15 is 0 Å². The van der Waals surface area contributed by atoms with Crippen molar-refractivity contribution >= 4 is 0 Å². The van der Waals surface area contributed by atoms with Gasteiger partial charge in [0.15, 0.2) is 0 Å². The third-order valence-electron chi connectivity index (χ3n) is 3.72. The number of hydrogen-bond donors (Lipinski definition) is 1. The first-order valence-electron chi connectivity index (χ1n) is 7.02. The third-order valence-corrected chi connectivity index (χ3v) is 3.72. The number of rotatable bonds is 4. The molecule has 3 heteroatoms. The summed E-state index contributed by atoms with van der Waals surface area (Å²) in [7, 11) is 0. The molecule has 1 N–H and O–H groups in total. The third kappa shape index (κ3) is 3.11. The van der Waals surface area contributed by atoms with Crippen LogP contribution in [0, 0.1) is 0 Å². The molecule has 3 nitrogen and oxygen atoms in total. The molecule has 0 amide bonds. The van der Waals surface area contributed by atoms with Crippen molar-refractivity contribution in [1.82, 2.24) is 4.90 Å². The molecule has 20 heavy (non-hydrogen) atoms. The van der Waals surface area contributed by atoms with Crippen molar-refractivity contribution in [3.05, 3.63) is 59.7 Å². The molecule has 0 aliphatic carbocycles. The molecule has 1 aliphatic heterocycles. The van der Waals surface area contributed by atoms with Gasteiger partial charge < -0.3 is 9.84 Å². The monoisotopic (exact) mass is 269 g/mol. The molecule has 0 saturated heterocycles. The van der Waals surface area contributed by atoms with E-state index in [1.807, 2.05) is 0 Å². The molecule has 0 aromatic heterocycles. The average molecular weight is 269 g/mol. The Bertz CT molecular complexity index is 565. The van der Waals surface area contributed by atoms with Crippen LogP contribution in [0.3, 0.4) is 0 Å². The molecule has 0 spiro atoms. The molecule has 1 aliphatic rings. The Labute approximate surface area is 119 Å². The lowest BCUT2D eigenvalue weighted by Gasteiger charge is -2.28. The number of aromatic hydroxyl groups is 1. The highest BCUT2D eigenvalue weighted by molar-refractivity contribution is 5.30. The number of phenols is 1. The van der Waals surface area contributed by atoms with Gasteiger partial charge in [-0.05, 0) is 41.8 Å². The molecule has 0 radical (unpaired) electrons. The molecule has 0 bridgehead atoms. The van der Waals surface area contributed by atoms with Crippen LogP contribution in [0.5, 0.6) is 11.5 Å². The second-order valence-electron chi connectivity index (χ2n) is 5.14. The number of phenolic OH excluding ortho intramolecular Hbond substituents is 1. The molecular weight excluding hydrogens is 250 g/mol. The van der Waals surface area contributed by atoms with E-state index in [9.17, 15) is 5.11 Å². The van der Waals surface area contributed by atoms with Gasteiger partial charge in [0.1, 0.15) is 18.1 Å². The second kappa shape index (κ2) is 5.97. The fourth-order valence-corrected chi connectivity index (χ4v) is 2.58. The Morgan fingerprint density at radius 2 is 1.75 bits per heavy atom. The maximum atomic E-state index is 9.22. The molecule has 1 heterocycles. The van der Waals surface area contributed by atoms with Gasteiger partial charge in [-0.15, -0.1) is 0 Å². The summed E-state index contributed by atoms with van der Waals surface area (Å²) in [6.07, 6.45) is 1.12. The summed E-state index contributed by atoms with van der Waals surface area (Å²) in [6.45, 7) is 3.70. The van der Waals surface area contributed by atoms with Crippen molar-refractivity contribution in [1.29, 1.82) is 0 Å². The van der Waals surface area contributed by atoms with Gasteiger partial charge in [-0.2, -0.15) is 0 Å². The number of ether oxygens (including phenoxy) is 1. The Morgan fingerprint density at radius 1 is 1.00 bits per heavy atom. The van der Waals surface area contributed by atoms with Gasteiger partial charge in [0, 0.05) is 19.6 Å². The summed E-state index contributed by atoms with van der Waals surface area (Å²) in [5, 5.41) is 9.22. The molecule has 0 atom stereocenters. The summed E-state index contributed by atoms with van der Waals surface area (Å²) in [6, 6.07) is 15.5. The highest BCUT2D eigenvalue weighted by atomic mass is 16.5. The smallest absolute Gasteiger partial charge is 0.119 e. The van der Waals surface area contributed by atoms with E-state index in [0.717, 1.165) is 31.8 Å². The maximum Gasteiger partial charge on any atom is 0.119 e. The molecular formula is C17H19NO2. The number of nitrogens with zero attached hydrogens (tertiary/aromatic N) is 1. The fraction of sp³-hybridized carbons (Fsp3) is 0.294. The van der Waals surface area contributed by atoms with E-state index in [0.29, 0.717) is 6.61 Å². The second-order valence-corrected chi connectivity index (χ2v) is 5.14. The molecule has 104 valence electrons. The Balaban J connectivity index is 1.49. The zero-order chi connectivity index (χ0) is 13.8. The minimum Gasteiger partial charge on any atom is -0.508 e. The van der Waals surface area contributed by atoms with Crippen LogP contribution in [-0.4, -0.2) is 29.7 Å². The lowest BCUT2D eigenvalue weighted by molar-refractivity contribution is 0.196. The van der Waals surface area contributed by atoms with Crippen LogP contribution in [0.4, 0.5) is 0 Å². The van der Waals surface area contributed by atoms with Crippen LogP contribution in [0.25, 0.3) is 0 Å². The molecule has 0 fully saturated rings. The van der Waals surface area contributed by atoms with Gasteiger partial charge in [0.2, 0.25) is 0 Å². The Kier molecular flexibility index (Phi) is 3.88. The highest BCUT2D eigenvalue weighted by Gasteiger charge is 2.15. The summed E-state index contributed by atoms with van der Waals surface area (Å²) in [5.41, 5.74) is 2.91. The average Bonchev–Trinajstić information content (AvgIpc) is 2.49. The van der Waals surface area contributed by atoms with Gasteiger partial charge in [0.05, 0.1) is 0 Å². The highest BCUT2D eigenvalue weighted by Crippen LogP contribution is 2.19. The maximum absolute atomic E-state index is 9.22. The van der Waals surface area contributed by atoms with E-state index in [1.54, 1.807) is 24.3 Å². The quantitative estimate of drug-likeness (QED) is 0.926. The summed E-state index contributed by atoms with van der Waals surface area (Å²) < 4.78 is 5.70. The van der Waals surface area contributed by atoms with Crippen LogP contribution in [-0.2, 0) is 13.0 Å². The fourth-order valence-electron chi connectivity index (χ4n) is 2.58. The standard InChI is InChI=1S/C17H19NO2/c19-16-5-7-17(8-6-16)20-12-11-18-10-9-14-3-1-2-4-15(14)13-18/h1-8,19H,9-13H2. The van der Waals surface area contributed by atoms with Crippen molar-refractivity contribution in [2.24, 2.45) is 0 Å². The molecule has 3 rings (SSSR count). The largest absolute Gasteiger partial charge is 0.508 e. The van der Waals surface area contributed by atoms with Gasteiger partial charge >= 0.3 is 0 Å². The van der Waals surface area contributed by atoms with Crippen LogP contribution in [0.15, 0.2) is 48.5 Å². The first kappa shape index (κ1) is 13.0. The molecule has 0 saturated carbocycles. The van der Waals surface area contributed by atoms with E-state index in [1.165, 1.54) is 11.1 Å². The zero-order valence-electron chi connectivity index (χ0n) is 11.5. The van der Waals surface area contributed by atoms with Crippen molar-refractivity contribution in [3.63, 3.8) is 0 Å². The van der Waals surface area contributed by atoms with E-state index in [2.05, 4.69) is 29.2 Å². The topological polar surface area (TPSA) is 32.7 Å². The van der Waals surface area contributed by atoms with Crippen molar-refractivity contribution in [3.8, 4) is 11.5 Å². The van der Waals surface area contributed by atoms with Gasteiger partial charge in [-0.1, -0.05) is 24.3 Å². The van der Waals surface area contributed by atoms with Crippen LogP contribution < -0.4 is 4.74 Å². The first-order valence-corrected chi connectivity index (χ1v) is 7.02. The van der Waals surface area contributed by atoms with Gasteiger partial charge in [-0.3, -0.25) is 4.90 Å². The predicted octanol–water partition coefficient (Wildman–Crippen LogP) is 2.83. The normalized spacial score (nSPS) is 14.8. The molecule has 2 aromatic carbocycles. The zero-order valence-corrected chi connectivity index (χ0v) is 11.5. The van der Waals surface area contributed by atoms with Crippen molar-refractivity contribution < 1.29 is 9.84 Å². The van der Waals surface area contributed by atoms with Crippen LogP contribution in [0.2, 0.25) is 0 Å². The summed E-state index contributed by atoms with van der Waals surface area (Å²) in [5.74, 6) is 1.07. The van der Waals surface area contributed by atoms with Gasteiger partial charge in [0.25, 0.3) is 0 Å². The number of benzene rings is 2. The first-order chi connectivity index (χ1) is 9.81. The lowest BCUT2D eigenvalue weighted by Crippen LogP contribution is -2.33. The molecule has 0 unspecified atom stereocenters. The minimum atomic E-state index is 0.269. The summed E-state index contributed by atoms with van der Waals surface area (Å²) in [4.78, 5) is 2.42. The van der Waals surface area contributed by atoms with Crippen LogP contribution >= 0.6 is 0 Å². The molecule has 2 aromatic rings. The van der Waals surface area contributed by atoms with Crippen LogP contribution in [0.1, 0.15) is 11.1 Å². The summed E-state index contributed by atoms with van der Waals surface area (Å²) >= 11 is 0. The Hall–Kier alpha value is -2.00. The van der Waals surface area contributed by atoms with Crippen molar-refractivity contribution in [2.75, 3.05) is 19.7 Å². The lowest BCUT2D eigenvalue weighted by atomic mass is 10.0. The minimum absolute atomic E-state index is 0.269. The number of hydrogen-bond acceptors (Lipinski definition) is 3. The van der Waals surface area contributed by atoms with E-state index in [-0.39, 0.29) is 5.75 Å². The van der Waals surface area contributed by atoms with Crippen molar-refractivity contribution in [2.45, 2.75) is 13.0 Å².